The molecule has 0 N–H and O–H groups in total. The Morgan fingerprint density at radius 2 is 0.837 bits per heavy atom. The lowest BCUT2D eigenvalue weighted by atomic mass is 9.77. The fraction of sp³-hybridized carbons (Fsp3) is 0.897. The lowest BCUT2D eigenvalue weighted by molar-refractivity contribution is -0.120. The molecule has 0 heterocycles. The van der Waals surface area contributed by atoms with E-state index in [2.05, 4.69) is 76.2 Å². The molecule has 258 valence electrons. The van der Waals surface area contributed by atoms with Gasteiger partial charge in [0.15, 0.2) is 0 Å². The Morgan fingerprint density at radius 3 is 1.09 bits per heavy atom. The maximum absolute atomic E-state index is 11.2. The number of rotatable bonds is 21. The molecule has 0 saturated carbocycles. The van der Waals surface area contributed by atoms with Crippen molar-refractivity contribution in [2.24, 2.45) is 29.1 Å². The summed E-state index contributed by atoms with van der Waals surface area (Å²) in [7, 11) is 0. The molecule has 0 spiro atoms. The molecule has 0 amide bonds. The Kier molecular flexibility index (Phi) is 36.2. The van der Waals surface area contributed by atoms with Crippen molar-refractivity contribution in [2.45, 2.75) is 200 Å². The second kappa shape index (κ2) is 32.1. The number of carbonyl (C=O) groups excluding carboxylic acids is 4. The summed E-state index contributed by atoms with van der Waals surface area (Å²) in [5.41, 5.74) is 0.311. The minimum Gasteiger partial charge on any atom is -0.300 e. The Bertz CT molecular complexity index is 645. The first-order valence-corrected chi connectivity index (χ1v) is 17.9. The van der Waals surface area contributed by atoms with Crippen LogP contribution in [0.3, 0.4) is 0 Å². The zero-order valence-corrected chi connectivity index (χ0v) is 31.8. The van der Waals surface area contributed by atoms with Crippen molar-refractivity contribution in [1.82, 2.24) is 0 Å². The minimum atomic E-state index is 0.304. The van der Waals surface area contributed by atoms with E-state index in [4.69, 9.17) is 0 Å². The Labute approximate surface area is 270 Å². The fourth-order valence-electron chi connectivity index (χ4n) is 3.76. The lowest BCUT2D eigenvalue weighted by Gasteiger charge is -2.28. The summed E-state index contributed by atoms with van der Waals surface area (Å²) in [4.78, 5) is 43.5. The summed E-state index contributed by atoms with van der Waals surface area (Å²) in [6.07, 6.45) is 15.3. The van der Waals surface area contributed by atoms with Gasteiger partial charge in [0.1, 0.15) is 23.1 Å². The first kappa shape index (κ1) is 48.6. The van der Waals surface area contributed by atoms with Crippen LogP contribution >= 0.6 is 0 Å². The highest BCUT2D eigenvalue weighted by molar-refractivity contribution is 5.78. The molecule has 0 aromatic carbocycles. The first-order valence-electron chi connectivity index (χ1n) is 17.9. The lowest BCUT2D eigenvalue weighted by Crippen LogP contribution is -2.19. The number of hydrogen-bond acceptors (Lipinski definition) is 4. The van der Waals surface area contributed by atoms with Crippen LogP contribution in [-0.2, 0) is 19.2 Å². The largest absolute Gasteiger partial charge is 0.300 e. The number of ketones is 4. The summed E-state index contributed by atoms with van der Waals surface area (Å²) in [5.74, 6) is 4.44. The van der Waals surface area contributed by atoms with Crippen LogP contribution in [0, 0.1) is 29.1 Å². The summed E-state index contributed by atoms with van der Waals surface area (Å²) in [6.45, 7) is 29.7. The average molecular weight is 611 g/mol. The van der Waals surface area contributed by atoms with Crippen LogP contribution in [0.5, 0.6) is 0 Å². The van der Waals surface area contributed by atoms with Gasteiger partial charge in [0.05, 0.1) is 0 Å². The Balaban J connectivity index is -0.000000236. The SMILES string of the molecule is CC(=O)CCC(C)(C)C(C)C.CCC(=O)CCCC(C)C.CCC(=O)CCCC(C)C.CCCCC(=O)CCCC(C)C. The number of hydrogen-bond donors (Lipinski definition) is 0. The molecule has 4 nitrogen and oxygen atoms in total. The van der Waals surface area contributed by atoms with Gasteiger partial charge in [0.25, 0.3) is 0 Å². The topological polar surface area (TPSA) is 68.3 Å². The fourth-order valence-corrected chi connectivity index (χ4v) is 3.76. The number of carbonyl (C=O) groups is 4. The number of Topliss-reactive ketones (excluding diaryl/α,β-unsaturated/α-hetero) is 4. The van der Waals surface area contributed by atoms with E-state index in [-0.39, 0.29) is 0 Å². The van der Waals surface area contributed by atoms with Crippen LogP contribution in [-0.4, -0.2) is 23.1 Å². The van der Waals surface area contributed by atoms with Gasteiger partial charge < -0.3 is 4.79 Å². The van der Waals surface area contributed by atoms with Crippen molar-refractivity contribution in [3.8, 4) is 0 Å². The molecule has 0 rings (SSSR count). The van der Waals surface area contributed by atoms with Crippen LogP contribution in [0.4, 0.5) is 0 Å². The summed E-state index contributed by atoms with van der Waals surface area (Å²) < 4.78 is 0. The highest BCUT2D eigenvalue weighted by atomic mass is 16.1. The summed E-state index contributed by atoms with van der Waals surface area (Å²) in [5, 5.41) is 0. The molecule has 0 aromatic rings. The van der Waals surface area contributed by atoms with Crippen LogP contribution in [0.15, 0.2) is 0 Å². The van der Waals surface area contributed by atoms with Gasteiger partial charge in [0.2, 0.25) is 0 Å². The Morgan fingerprint density at radius 1 is 0.512 bits per heavy atom. The van der Waals surface area contributed by atoms with Crippen molar-refractivity contribution in [2.75, 3.05) is 0 Å². The predicted octanol–water partition coefficient (Wildman–Crippen LogP) is 12.2. The van der Waals surface area contributed by atoms with Gasteiger partial charge in [-0.3, -0.25) is 14.4 Å². The molecule has 0 aromatic heterocycles. The van der Waals surface area contributed by atoms with Gasteiger partial charge in [0, 0.05) is 44.9 Å². The summed E-state index contributed by atoms with van der Waals surface area (Å²) in [6, 6.07) is 0. The minimum absolute atomic E-state index is 0.304. The van der Waals surface area contributed by atoms with E-state index in [1.165, 1.54) is 19.3 Å². The van der Waals surface area contributed by atoms with Crippen LogP contribution < -0.4 is 0 Å². The van der Waals surface area contributed by atoms with Crippen molar-refractivity contribution >= 4 is 23.1 Å². The van der Waals surface area contributed by atoms with E-state index in [1.54, 1.807) is 6.92 Å². The van der Waals surface area contributed by atoms with Crippen LogP contribution in [0.2, 0.25) is 0 Å². The molecule has 0 atom stereocenters. The molecule has 4 heteroatoms. The van der Waals surface area contributed by atoms with E-state index in [0.29, 0.717) is 47.3 Å². The molecule has 0 aliphatic carbocycles. The standard InChI is InChI=1S/C11H22O.C10H20O.2C9H18O/c1-4-5-8-11(12)9-6-7-10(2)3;1-8(2)10(4,5)7-6-9(3)11;2*1-4-9(10)7-5-6-8(2)3/h10H,4-9H2,1-3H3;8H,6-7H2,1-5H3;2*8H,4-7H2,1-3H3. The van der Waals surface area contributed by atoms with Gasteiger partial charge in [-0.1, -0.05) is 116 Å². The molecule has 0 bridgehead atoms. The average Bonchev–Trinajstić information content (AvgIpc) is 2.91. The molecular formula is C39H78O4. The van der Waals surface area contributed by atoms with Gasteiger partial charge in [-0.25, -0.2) is 0 Å². The van der Waals surface area contributed by atoms with Gasteiger partial charge in [-0.2, -0.15) is 0 Å². The third-order valence-electron chi connectivity index (χ3n) is 7.99. The first-order chi connectivity index (χ1) is 19.9. The maximum Gasteiger partial charge on any atom is 0.132 e. The van der Waals surface area contributed by atoms with Crippen molar-refractivity contribution in [1.29, 1.82) is 0 Å². The van der Waals surface area contributed by atoms with E-state index in [0.717, 1.165) is 88.4 Å². The van der Waals surface area contributed by atoms with E-state index in [9.17, 15) is 19.2 Å². The maximum atomic E-state index is 11.2. The third-order valence-corrected chi connectivity index (χ3v) is 7.99. The van der Waals surface area contributed by atoms with Gasteiger partial charge >= 0.3 is 0 Å². The molecular weight excluding hydrogens is 532 g/mol. The molecule has 0 aliphatic heterocycles. The van der Waals surface area contributed by atoms with Crippen molar-refractivity contribution in [3.05, 3.63) is 0 Å². The number of unbranched alkanes of at least 4 members (excludes halogenated alkanes) is 1. The molecule has 0 radical (unpaired) electrons. The highest BCUT2D eigenvalue weighted by Crippen LogP contribution is 2.31. The zero-order chi connectivity index (χ0) is 34.4. The monoisotopic (exact) mass is 611 g/mol. The Hall–Kier alpha value is -1.32. The third kappa shape index (κ3) is 45.2. The van der Waals surface area contributed by atoms with E-state index >= 15 is 0 Å². The molecule has 0 fully saturated rings. The van der Waals surface area contributed by atoms with Crippen molar-refractivity contribution < 1.29 is 19.2 Å². The quantitative estimate of drug-likeness (QED) is 0.130. The normalized spacial score (nSPS) is 10.9. The summed E-state index contributed by atoms with van der Waals surface area (Å²) >= 11 is 0. The molecule has 43 heavy (non-hydrogen) atoms. The van der Waals surface area contributed by atoms with E-state index in [1.807, 2.05) is 13.8 Å². The second-order valence-electron chi connectivity index (χ2n) is 14.6. The van der Waals surface area contributed by atoms with Crippen LogP contribution in [0.1, 0.15) is 200 Å². The molecule has 0 saturated heterocycles. The van der Waals surface area contributed by atoms with Crippen molar-refractivity contribution in [3.63, 3.8) is 0 Å². The highest BCUT2D eigenvalue weighted by Gasteiger charge is 2.22. The van der Waals surface area contributed by atoms with Gasteiger partial charge in [-0.15, -0.1) is 0 Å². The van der Waals surface area contributed by atoms with Gasteiger partial charge in [-0.05, 0) is 68.1 Å². The van der Waals surface area contributed by atoms with E-state index < -0.39 is 0 Å². The second-order valence-corrected chi connectivity index (χ2v) is 14.6. The zero-order valence-electron chi connectivity index (χ0n) is 31.8. The predicted molar refractivity (Wildman–Crippen MR) is 190 cm³/mol. The van der Waals surface area contributed by atoms with Crippen LogP contribution in [0.25, 0.3) is 0 Å². The molecule has 0 aliphatic rings. The smallest absolute Gasteiger partial charge is 0.132 e. The molecule has 0 unspecified atom stereocenters.